The predicted octanol–water partition coefficient (Wildman–Crippen LogP) is 6.01. The lowest BCUT2D eigenvalue weighted by molar-refractivity contribution is -0.137. The van der Waals surface area contributed by atoms with Crippen LogP contribution in [0.1, 0.15) is 16.7 Å². The van der Waals surface area contributed by atoms with Gasteiger partial charge in [-0.25, -0.2) is 0 Å². The summed E-state index contributed by atoms with van der Waals surface area (Å²) < 4.78 is 40.6. The first-order valence-corrected chi connectivity index (χ1v) is 11.5. The number of aromatic hydroxyl groups is 1. The fourth-order valence-electron chi connectivity index (χ4n) is 3.57. The van der Waals surface area contributed by atoms with Gasteiger partial charge in [-0.3, -0.25) is 9.36 Å². The number of carbonyl (C=O) groups excluding carboxylic acids is 1. The predicted molar refractivity (Wildman–Crippen MR) is 129 cm³/mol. The summed E-state index contributed by atoms with van der Waals surface area (Å²) in [6.45, 7) is 3.91. The van der Waals surface area contributed by atoms with Crippen LogP contribution in [0.25, 0.3) is 17.1 Å². The molecule has 0 unspecified atom stereocenters. The summed E-state index contributed by atoms with van der Waals surface area (Å²) in [6.07, 6.45) is -4.50. The van der Waals surface area contributed by atoms with Crippen molar-refractivity contribution < 1.29 is 23.1 Å². The highest BCUT2D eigenvalue weighted by Crippen LogP contribution is 2.34. The second-order valence-electron chi connectivity index (χ2n) is 7.86. The van der Waals surface area contributed by atoms with Crippen LogP contribution in [0.15, 0.2) is 71.9 Å². The van der Waals surface area contributed by atoms with E-state index in [-0.39, 0.29) is 17.2 Å². The van der Waals surface area contributed by atoms with Gasteiger partial charge in [-0.05, 0) is 55.8 Å². The van der Waals surface area contributed by atoms with Crippen LogP contribution in [0.5, 0.6) is 5.75 Å². The van der Waals surface area contributed by atoms with E-state index in [0.29, 0.717) is 16.5 Å². The summed E-state index contributed by atoms with van der Waals surface area (Å²) in [5.41, 5.74) is 2.47. The normalized spacial score (nSPS) is 11.5. The van der Waals surface area contributed by atoms with Crippen LogP contribution in [0.2, 0.25) is 0 Å². The second-order valence-corrected chi connectivity index (χ2v) is 8.81. The number of para-hydroxylation sites is 1. The lowest BCUT2D eigenvalue weighted by Gasteiger charge is -2.14. The number of halogens is 3. The number of phenolic OH excluding ortho intramolecular Hbond substituents is 1. The molecule has 1 aromatic heterocycles. The molecule has 4 rings (SSSR count). The zero-order valence-corrected chi connectivity index (χ0v) is 19.6. The Bertz CT molecular complexity index is 1390. The van der Waals surface area contributed by atoms with Crippen molar-refractivity contribution >= 4 is 23.4 Å². The highest BCUT2D eigenvalue weighted by molar-refractivity contribution is 7.99. The average molecular weight is 499 g/mol. The molecule has 0 saturated carbocycles. The molecule has 35 heavy (non-hydrogen) atoms. The number of carbonyl (C=O) groups is 1. The molecule has 2 N–H and O–H groups in total. The zero-order valence-electron chi connectivity index (χ0n) is 18.8. The van der Waals surface area contributed by atoms with E-state index in [1.54, 1.807) is 28.8 Å². The van der Waals surface area contributed by atoms with Gasteiger partial charge in [0, 0.05) is 5.69 Å². The van der Waals surface area contributed by atoms with Crippen molar-refractivity contribution in [1.29, 1.82) is 0 Å². The Morgan fingerprint density at radius 1 is 1.03 bits per heavy atom. The van der Waals surface area contributed by atoms with E-state index < -0.39 is 17.6 Å². The monoisotopic (exact) mass is 498 g/mol. The van der Waals surface area contributed by atoms with Gasteiger partial charge in [0.1, 0.15) is 5.75 Å². The third-order valence-electron chi connectivity index (χ3n) is 5.18. The maximum atomic E-state index is 13.0. The quantitative estimate of drug-likeness (QED) is 0.319. The van der Waals surface area contributed by atoms with Crippen molar-refractivity contribution in [3.63, 3.8) is 0 Å². The molecule has 0 fully saturated rings. The molecule has 0 bridgehead atoms. The first-order valence-electron chi connectivity index (χ1n) is 10.5. The number of aromatic nitrogens is 3. The van der Waals surface area contributed by atoms with Crippen molar-refractivity contribution in [2.75, 3.05) is 11.1 Å². The molecule has 0 atom stereocenters. The number of anilines is 1. The molecule has 0 radical (unpaired) electrons. The van der Waals surface area contributed by atoms with Crippen LogP contribution in [0.3, 0.4) is 0 Å². The Balaban J connectivity index is 1.62. The average Bonchev–Trinajstić information content (AvgIpc) is 3.21. The topological polar surface area (TPSA) is 80.0 Å². The van der Waals surface area contributed by atoms with E-state index in [9.17, 15) is 23.1 Å². The molecule has 0 spiro atoms. The van der Waals surface area contributed by atoms with Crippen LogP contribution in [0, 0.1) is 13.8 Å². The minimum atomic E-state index is -4.50. The van der Waals surface area contributed by atoms with Crippen molar-refractivity contribution in [3.05, 3.63) is 83.4 Å². The second kappa shape index (κ2) is 9.83. The lowest BCUT2D eigenvalue weighted by atomic mass is 10.1. The molecule has 0 aliphatic rings. The Morgan fingerprint density at radius 3 is 2.51 bits per heavy atom. The lowest BCUT2D eigenvalue weighted by Crippen LogP contribution is -2.15. The Hall–Kier alpha value is -3.79. The minimum Gasteiger partial charge on any atom is -0.507 e. The van der Waals surface area contributed by atoms with Gasteiger partial charge >= 0.3 is 6.18 Å². The summed E-state index contributed by atoms with van der Waals surface area (Å²) in [4.78, 5) is 12.5. The molecule has 0 saturated heterocycles. The van der Waals surface area contributed by atoms with Gasteiger partial charge in [0.2, 0.25) is 5.91 Å². The van der Waals surface area contributed by atoms with Gasteiger partial charge in [-0.2, -0.15) is 13.2 Å². The van der Waals surface area contributed by atoms with E-state index in [1.807, 2.05) is 32.0 Å². The molecular formula is C25H21F3N4O2S. The third-order valence-corrected chi connectivity index (χ3v) is 6.11. The van der Waals surface area contributed by atoms with Crippen molar-refractivity contribution in [1.82, 2.24) is 14.8 Å². The van der Waals surface area contributed by atoms with Crippen molar-refractivity contribution in [3.8, 4) is 22.8 Å². The SMILES string of the molecule is Cc1ccc(-n2c(SCC(=O)Nc3cccc(C(F)(F)F)c3)nnc2-c2ccccc2O)c(C)c1. The highest BCUT2D eigenvalue weighted by atomic mass is 32.2. The third kappa shape index (κ3) is 5.48. The minimum absolute atomic E-state index is 0.0322. The number of nitrogens with zero attached hydrogens (tertiary/aromatic N) is 3. The molecule has 0 aliphatic heterocycles. The maximum Gasteiger partial charge on any atom is 0.416 e. The van der Waals surface area contributed by atoms with Gasteiger partial charge < -0.3 is 10.4 Å². The van der Waals surface area contributed by atoms with E-state index in [0.717, 1.165) is 40.7 Å². The summed E-state index contributed by atoms with van der Waals surface area (Å²) >= 11 is 1.09. The van der Waals surface area contributed by atoms with Gasteiger partial charge in [0.15, 0.2) is 11.0 Å². The maximum absolute atomic E-state index is 13.0. The molecule has 0 aliphatic carbocycles. The number of phenols is 1. The van der Waals surface area contributed by atoms with Gasteiger partial charge in [0.05, 0.1) is 22.6 Å². The fraction of sp³-hybridized carbons (Fsp3) is 0.160. The summed E-state index contributed by atoms with van der Waals surface area (Å²) in [6, 6.07) is 17.0. The van der Waals surface area contributed by atoms with Crippen LogP contribution in [-0.2, 0) is 11.0 Å². The summed E-state index contributed by atoms with van der Waals surface area (Å²) in [5, 5.41) is 21.8. The molecule has 1 heterocycles. The van der Waals surface area contributed by atoms with E-state index in [4.69, 9.17) is 0 Å². The highest BCUT2D eigenvalue weighted by Gasteiger charge is 2.30. The van der Waals surface area contributed by atoms with Crippen LogP contribution < -0.4 is 5.32 Å². The first kappa shape index (κ1) is 24.3. The molecule has 6 nitrogen and oxygen atoms in total. The number of hydrogen-bond acceptors (Lipinski definition) is 5. The van der Waals surface area contributed by atoms with Gasteiger partial charge in [-0.15, -0.1) is 10.2 Å². The zero-order chi connectivity index (χ0) is 25.2. The number of amides is 1. The Morgan fingerprint density at radius 2 is 1.80 bits per heavy atom. The van der Waals surface area contributed by atoms with E-state index >= 15 is 0 Å². The number of benzene rings is 3. The number of alkyl halides is 3. The standard InChI is InChI=1S/C25H21F3N4O2S/c1-15-10-11-20(16(2)12-15)32-23(19-8-3-4-9-21(19)33)30-31-24(32)35-14-22(34)29-18-7-5-6-17(13-18)25(26,27)28/h3-13,33H,14H2,1-2H3,(H,29,34). The molecular weight excluding hydrogens is 477 g/mol. The van der Waals surface area contributed by atoms with Crippen LogP contribution in [0.4, 0.5) is 18.9 Å². The Kier molecular flexibility index (Phi) is 6.83. The first-order chi connectivity index (χ1) is 16.6. The van der Waals surface area contributed by atoms with Crippen molar-refractivity contribution in [2.24, 2.45) is 0 Å². The summed E-state index contributed by atoms with van der Waals surface area (Å²) in [5.74, 6) is -0.172. The fourth-order valence-corrected chi connectivity index (χ4v) is 4.32. The van der Waals surface area contributed by atoms with E-state index in [2.05, 4.69) is 15.5 Å². The molecule has 180 valence electrons. The number of hydrogen-bond donors (Lipinski definition) is 2. The number of thioether (sulfide) groups is 1. The molecule has 4 aromatic rings. The molecule has 3 aromatic carbocycles. The van der Waals surface area contributed by atoms with Crippen molar-refractivity contribution in [2.45, 2.75) is 25.2 Å². The molecule has 1 amide bonds. The number of nitrogens with one attached hydrogen (secondary N) is 1. The van der Waals surface area contributed by atoms with Crippen LogP contribution in [-0.4, -0.2) is 31.5 Å². The smallest absolute Gasteiger partial charge is 0.416 e. The number of rotatable bonds is 6. The largest absolute Gasteiger partial charge is 0.507 e. The van der Waals surface area contributed by atoms with E-state index in [1.165, 1.54) is 12.1 Å². The van der Waals surface area contributed by atoms with Crippen LogP contribution >= 0.6 is 11.8 Å². The summed E-state index contributed by atoms with van der Waals surface area (Å²) in [7, 11) is 0. The molecule has 10 heteroatoms. The Labute approximate surface area is 203 Å². The van der Waals surface area contributed by atoms with Gasteiger partial charge in [-0.1, -0.05) is 47.7 Å². The van der Waals surface area contributed by atoms with Gasteiger partial charge in [0.25, 0.3) is 0 Å². The number of aryl methyl sites for hydroxylation is 2.